The minimum atomic E-state index is -0.467. The molecule has 0 saturated heterocycles. The van der Waals surface area contributed by atoms with Crippen molar-refractivity contribution in [1.29, 1.82) is 5.41 Å². The standard InChI is InChI=1S/C24H24N4O5S/c1-4-21-27-28-22(25)18(23(29)26-24(28)34-21)12-15-8-9-19(20(13-15)31-3)33-11-10-32-17-7-5-6-16(14-17)30-2/h5-9,12-14,25H,4,10-11H2,1-3H3/b18-12+,25-22?. The number of rotatable bonds is 9. The third kappa shape index (κ3) is 5.07. The molecule has 0 saturated carbocycles. The number of nitrogens with zero attached hydrogens (tertiary/aromatic N) is 3. The van der Waals surface area contributed by atoms with Crippen LogP contribution < -0.4 is 18.9 Å². The Morgan fingerprint density at radius 1 is 1.03 bits per heavy atom. The van der Waals surface area contributed by atoms with Crippen molar-refractivity contribution in [3.8, 4) is 23.0 Å². The molecule has 176 valence electrons. The third-order valence-electron chi connectivity index (χ3n) is 4.95. The number of ether oxygens (including phenoxy) is 4. The number of carbonyl (C=O) groups excluding carboxylic acids is 1. The van der Waals surface area contributed by atoms with Gasteiger partial charge in [-0.05, 0) is 54.1 Å². The molecule has 0 fully saturated rings. The van der Waals surface area contributed by atoms with Crippen molar-refractivity contribution >= 4 is 39.8 Å². The highest BCUT2D eigenvalue weighted by Crippen LogP contribution is 2.32. The van der Waals surface area contributed by atoms with Gasteiger partial charge in [-0.25, -0.2) is 0 Å². The lowest BCUT2D eigenvalue weighted by Gasteiger charge is -2.20. The van der Waals surface area contributed by atoms with E-state index in [4.69, 9.17) is 24.4 Å². The molecular weight excluding hydrogens is 456 g/mol. The molecule has 0 atom stereocenters. The Labute approximate surface area is 201 Å². The molecule has 2 aliphatic heterocycles. The number of thioether (sulfide) groups is 1. The van der Waals surface area contributed by atoms with Crippen molar-refractivity contribution in [2.24, 2.45) is 10.1 Å². The van der Waals surface area contributed by atoms with E-state index in [1.54, 1.807) is 44.6 Å². The van der Waals surface area contributed by atoms with Crippen LogP contribution in [0.25, 0.3) is 6.08 Å². The molecule has 10 heteroatoms. The van der Waals surface area contributed by atoms with Gasteiger partial charge in [0, 0.05) is 6.07 Å². The van der Waals surface area contributed by atoms with Crippen LogP contribution in [-0.4, -0.2) is 54.4 Å². The summed E-state index contributed by atoms with van der Waals surface area (Å²) in [7, 11) is 3.14. The molecule has 1 N–H and O–H groups in total. The first-order chi connectivity index (χ1) is 16.5. The molecule has 0 radical (unpaired) electrons. The molecule has 2 aromatic carbocycles. The fraction of sp³-hybridized carbons (Fsp3) is 0.250. The van der Waals surface area contributed by atoms with E-state index in [1.807, 2.05) is 25.1 Å². The number of hydrazone groups is 1. The Bertz CT molecular complexity index is 1210. The fourth-order valence-corrected chi connectivity index (χ4v) is 4.06. The predicted octanol–water partition coefficient (Wildman–Crippen LogP) is 4.19. The molecule has 1 amide bonds. The number of nitrogens with one attached hydrogen (secondary N) is 1. The Morgan fingerprint density at radius 3 is 2.59 bits per heavy atom. The molecule has 2 aromatic rings. The Hall–Kier alpha value is -3.79. The number of amides is 1. The minimum Gasteiger partial charge on any atom is -0.497 e. The van der Waals surface area contributed by atoms with Gasteiger partial charge in [-0.15, -0.1) is 0 Å². The zero-order valence-corrected chi connectivity index (χ0v) is 19.8. The van der Waals surface area contributed by atoms with Crippen molar-refractivity contribution in [3.05, 3.63) is 53.6 Å². The Kier molecular flexibility index (Phi) is 7.17. The summed E-state index contributed by atoms with van der Waals surface area (Å²) >= 11 is 1.31. The number of methoxy groups -OCH3 is 2. The second kappa shape index (κ2) is 10.4. The molecule has 0 aliphatic carbocycles. The van der Waals surface area contributed by atoms with Crippen LogP contribution >= 0.6 is 11.8 Å². The van der Waals surface area contributed by atoms with E-state index < -0.39 is 5.91 Å². The molecule has 0 bridgehead atoms. The molecule has 9 nitrogen and oxygen atoms in total. The molecule has 34 heavy (non-hydrogen) atoms. The van der Waals surface area contributed by atoms with Crippen LogP contribution in [-0.2, 0) is 4.79 Å². The SMILES string of the molecule is CCC1=NN2C(=N)/C(=C\c3ccc(OCCOc4cccc(OC)c4)c(OC)c3)C(=O)N=C2S1. The Balaban J connectivity index is 1.43. The van der Waals surface area contributed by atoms with Crippen molar-refractivity contribution in [2.45, 2.75) is 13.3 Å². The van der Waals surface area contributed by atoms with Crippen LogP contribution in [0.3, 0.4) is 0 Å². The van der Waals surface area contributed by atoms with Crippen molar-refractivity contribution in [2.75, 3.05) is 27.4 Å². The Morgan fingerprint density at radius 2 is 1.82 bits per heavy atom. The molecule has 0 spiro atoms. The number of hydrogen-bond acceptors (Lipinski definition) is 8. The van der Waals surface area contributed by atoms with Crippen LogP contribution in [0.5, 0.6) is 23.0 Å². The lowest BCUT2D eigenvalue weighted by Crippen LogP contribution is -2.35. The lowest BCUT2D eigenvalue weighted by atomic mass is 10.1. The predicted molar refractivity (Wildman–Crippen MR) is 132 cm³/mol. The van der Waals surface area contributed by atoms with Gasteiger partial charge >= 0.3 is 0 Å². The van der Waals surface area contributed by atoms with Crippen molar-refractivity contribution < 1.29 is 23.7 Å². The van der Waals surface area contributed by atoms with Gasteiger partial charge in [-0.3, -0.25) is 10.2 Å². The zero-order chi connectivity index (χ0) is 24.1. The number of carbonyl (C=O) groups is 1. The van der Waals surface area contributed by atoms with E-state index in [0.717, 1.165) is 10.8 Å². The van der Waals surface area contributed by atoms with E-state index >= 15 is 0 Å². The average molecular weight is 481 g/mol. The van der Waals surface area contributed by atoms with Crippen LogP contribution in [0, 0.1) is 5.41 Å². The number of aliphatic imine (C=N–C) groups is 1. The minimum absolute atomic E-state index is 0.0000606. The van der Waals surface area contributed by atoms with Crippen LogP contribution in [0.15, 0.2) is 58.1 Å². The summed E-state index contributed by atoms with van der Waals surface area (Å²) in [5.41, 5.74) is 0.836. The second-order valence-electron chi connectivity index (χ2n) is 7.15. The van der Waals surface area contributed by atoms with E-state index in [1.165, 1.54) is 16.8 Å². The quantitative estimate of drug-likeness (QED) is 0.424. The maximum Gasteiger partial charge on any atom is 0.283 e. The largest absolute Gasteiger partial charge is 0.497 e. The van der Waals surface area contributed by atoms with Gasteiger partial charge in [0.05, 0.1) is 19.8 Å². The van der Waals surface area contributed by atoms with Gasteiger partial charge in [0.1, 0.15) is 29.8 Å². The topological polar surface area (TPSA) is 106 Å². The van der Waals surface area contributed by atoms with Gasteiger partial charge in [0.2, 0.25) is 5.17 Å². The van der Waals surface area contributed by atoms with E-state index in [0.29, 0.717) is 47.6 Å². The first-order valence-electron chi connectivity index (χ1n) is 10.6. The summed E-state index contributed by atoms with van der Waals surface area (Å²) in [4.78, 5) is 16.6. The highest BCUT2D eigenvalue weighted by molar-refractivity contribution is 8.26. The second-order valence-corrected chi connectivity index (χ2v) is 8.19. The van der Waals surface area contributed by atoms with Crippen molar-refractivity contribution in [1.82, 2.24) is 5.01 Å². The average Bonchev–Trinajstić information content (AvgIpc) is 3.28. The van der Waals surface area contributed by atoms with Gasteiger partial charge in [0.25, 0.3) is 5.91 Å². The van der Waals surface area contributed by atoms with Gasteiger partial charge in [-0.2, -0.15) is 15.1 Å². The zero-order valence-electron chi connectivity index (χ0n) is 19.0. The number of benzene rings is 2. The van der Waals surface area contributed by atoms with Crippen LogP contribution in [0.1, 0.15) is 18.9 Å². The summed E-state index contributed by atoms with van der Waals surface area (Å²) in [5, 5.41) is 15.4. The summed E-state index contributed by atoms with van der Waals surface area (Å²) in [5.74, 6) is 1.98. The van der Waals surface area contributed by atoms with E-state index in [2.05, 4.69) is 10.1 Å². The molecule has 4 rings (SSSR count). The van der Waals surface area contributed by atoms with Crippen LogP contribution in [0.4, 0.5) is 0 Å². The smallest absolute Gasteiger partial charge is 0.283 e. The highest BCUT2D eigenvalue weighted by Gasteiger charge is 2.35. The van der Waals surface area contributed by atoms with E-state index in [-0.39, 0.29) is 11.4 Å². The lowest BCUT2D eigenvalue weighted by molar-refractivity contribution is -0.114. The van der Waals surface area contributed by atoms with Crippen molar-refractivity contribution in [3.63, 3.8) is 0 Å². The molecule has 2 heterocycles. The fourth-order valence-electron chi connectivity index (χ4n) is 3.24. The van der Waals surface area contributed by atoms with Gasteiger partial charge in [0.15, 0.2) is 17.3 Å². The molecular formula is C24H24N4O5S. The summed E-state index contributed by atoms with van der Waals surface area (Å²) in [6.45, 7) is 2.61. The summed E-state index contributed by atoms with van der Waals surface area (Å²) in [6, 6.07) is 12.6. The first kappa shape index (κ1) is 23.4. The van der Waals surface area contributed by atoms with E-state index in [9.17, 15) is 4.79 Å². The number of amidine groups is 2. The van der Waals surface area contributed by atoms with Gasteiger partial charge in [-0.1, -0.05) is 19.1 Å². The first-order valence-corrected chi connectivity index (χ1v) is 11.4. The number of fused-ring (bicyclic) bond motifs is 1. The monoisotopic (exact) mass is 480 g/mol. The maximum atomic E-state index is 12.5. The van der Waals surface area contributed by atoms with Crippen LogP contribution in [0.2, 0.25) is 0 Å². The number of hydrogen-bond donors (Lipinski definition) is 1. The molecule has 0 aromatic heterocycles. The maximum absolute atomic E-state index is 12.5. The summed E-state index contributed by atoms with van der Waals surface area (Å²) < 4.78 is 22.2. The third-order valence-corrected chi connectivity index (χ3v) is 6.00. The highest BCUT2D eigenvalue weighted by atomic mass is 32.2. The molecule has 2 aliphatic rings. The molecule has 0 unspecified atom stereocenters. The summed E-state index contributed by atoms with van der Waals surface area (Å²) in [6.07, 6.45) is 2.32. The van der Waals surface area contributed by atoms with Gasteiger partial charge < -0.3 is 18.9 Å². The normalized spacial score (nSPS) is 16.2.